The summed E-state index contributed by atoms with van der Waals surface area (Å²) in [6, 6.07) is 3.23. The van der Waals surface area contributed by atoms with E-state index in [1.165, 1.54) is 12.4 Å². The van der Waals surface area contributed by atoms with Gasteiger partial charge in [-0.1, -0.05) is 11.6 Å². The molecule has 0 radical (unpaired) electrons. The van der Waals surface area contributed by atoms with Gasteiger partial charge in [0.05, 0.1) is 6.54 Å². The Morgan fingerprint density at radius 3 is 2.85 bits per heavy atom. The second-order valence-electron chi connectivity index (χ2n) is 2.30. The second kappa shape index (κ2) is 4.87. The number of alkyl halides is 2. The van der Waals surface area contributed by atoms with Crippen LogP contribution in [0, 0.1) is 0 Å². The molecule has 2 nitrogen and oxygen atoms in total. The van der Waals surface area contributed by atoms with Crippen LogP contribution in [0.25, 0.3) is 0 Å². The third-order valence-corrected chi connectivity index (χ3v) is 1.46. The number of hydrogen-bond donors (Lipinski definition) is 0. The van der Waals surface area contributed by atoms with E-state index in [2.05, 4.69) is 9.98 Å². The highest BCUT2D eigenvalue weighted by atomic mass is 35.5. The number of nitrogens with zero attached hydrogens (tertiary/aromatic N) is 2. The van der Waals surface area contributed by atoms with Crippen LogP contribution in [-0.2, 0) is 0 Å². The highest BCUT2D eigenvalue weighted by Crippen LogP contribution is 2.03. The van der Waals surface area contributed by atoms with Crippen LogP contribution in [0.3, 0.4) is 0 Å². The van der Waals surface area contributed by atoms with Crippen molar-refractivity contribution in [3.05, 3.63) is 29.0 Å². The molecular formula is C8H7ClF2N2. The van der Waals surface area contributed by atoms with E-state index in [0.717, 1.165) is 0 Å². The van der Waals surface area contributed by atoms with Crippen LogP contribution >= 0.6 is 11.6 Å². The van der Waals surface area contributed by atoms with Crippen LogP contribution in [0.1, 0.15) is 5.56 Å². The van der Waals surface area contributed by atoms with Gasteiger partial charge in [-0.3, -0.25) is 4.99 Å². The zero-order chi connectivity index (χ0) is 9.68. The lowest BCUT2D eigenvalue weighted by Crippen LogP contribution is -1.95. The molecule has 1 aromatic heterocycles. The molecule has 0 bridgehead atoms. The molecule has 5 heteroatoms. The molecule has 0 atom stereocenters. The Hall–Kier alpha value is -1.03. The molecule has 1 heterocycles. The van der Waals surface area contributed by atoms with Crippen LogP contribution < -0.4 is 0 Å². The summed E-state index contributed by atoms with van der Waals surface area (Å²) in [7, 11) is 0. The first-order valence-corrected chi connectivity index (χ1v) is 3.96. The number of hydrogen-bond acceptors (Lipinski definition) is 2. The summed E-state index contributed by atoms with van der Waals surface area (Å²) < 4.78 is 23.3. The van der Waals surface area contributed by atoms with Crippen molar-refractivity contribution < 1.29 is 8.78 Å². The van der Waals surface area contributed by atoms with Gasteiger partial charge in [-0.05, 0) is 12.1 Å². The molecule has 0 amide bonds. The first kappa shape index (κ1) is 10.1. The van der Waals surface area contributed by atoms with Crippen LogP contribution in [0.5, 0.6) is 0 Å². The fourth-order valence-electron chi connectivity index (χ4n) is 0.701. The third-order valence-electron chi connectivity index (χ3n) is 1.23. The van der Waals surface area contributed by atoms with Crippen molar-refractivity contribution in [2.24, 2.45) is 4.99 Å². The van der Waals surface area contributed by atoms with Crippen molar-refractivity contribution in [1.29, 1.82) is 0 Å². The average Bonchev–Trinajstić information content (AvgIpc) is 2.08. The quantitative estimate of drug-likeness (QED) is 0.548. The molecule has 0 spiro atoms. The molecule has 0 aliphatic carbocycles. The molecule has 0 saturated heterocycles. The first-order chi connectivity index (χ1) is 6.18. The molecule has 0 aliphatic heterocycles. The summed E-state index contributed by atoms with van der Waals surface area (Å²) in [5.41, 5.74) is 0.657. The van der Waals surface area contributed by atoms with Gasteiger partial charge in [0.1, 0.15) is 5.15 Å². The fourth-order valence-corrected chi connectivity index (χ4v) is 0.813. The SMILES string of the molecule is FC(F)CN=Cc1ccc(Cl)nc1. The maximum atomic E-state index is 11.7. The molecular weight excluding hydrogens is 198 g/mol. The van der Waals surface area contributed by atoms with Crippen molar-refractivity contribution in [3.8, 4) is 0 Å². The van der Waals surface area contributed by atoms with Crippen LogP contribution in [-0.4, -0.2) is 24.2 Å². The lowest BCUT2D eigenvalue weighted by molar-refractivity contribution is 0.159. The van der Waals surface area contributed by atoms with Crippen LogP contribution in [0.15, 0.2) is 23.3 Å². The topological polar surface area (TPSA) is 25.2 Å². The molecule has 1 aromatic rings. The van der Waals surface area contributed by atoms with Gasteiger partial charge in [0.2, 0.25) is 0 Å². The standard InChI is InChI=1S/C8H7ClF2N2/c9-7-2-1-6(4-13-7)3-12-5-8(10)11/h1-4,8H,5H2. The van der Waals surface area contributed by atoms with Gasteiger partial charge in [0.25, 0.3) is 6.43 Å². The Bertz CT molecular complexity index is 285. The highest BCUT2D eigenvalue weighted by molar-refractivity contribution is 6.29. The molecule has 70 valence electrons. The van der Waals surface area contributed by atoms with Crippen molar-refractivity contribution in [1.82, 2.24) is 4.98 Å². The van der Waals surface area contributed by atoms with E-state index >= 15 is 0 Å². The zero-order valence-electron chi connectivity index (χ0n) is 6.62. The fraction of sp³-hybridized carbons (Fsp3) is 0.250. The molecule has 0 fully saturated rings. The Balaban J connectivity index is 2.54. The second-order valence-corrected chi connectivity index (χ2v) is 2.69. The molecule has 13 heavy (non-hydrogen) atoms. The lowest BCUT2D eigenvalue weighted by Gasteiger charge is -1.93. The molecule has 0 N–H and O–H groups in total. The molecule has 0 saturated carbocycles. The van der Waals surface area contributed by atoms with Gasteiger partial charge in [-0.25, -0.2) is 13.8 Å². The van der Waals surface area contributed by atoms with E-state index < -0.39 is 13.0 Å². The number of aromatic nitrogens is 1. The largest absolute Gasteiger partial charge is 0.287 e. The minimum atomic E-state index is -2.41. The summed E-state index contributed by atoms with van der Waals surface area (Å²) in [4.78, 5) is 7.28. The smallest absolute Gasteiger partial charge is 0.257 e. The van der Waals surface area contributed by atoms with Gasteiger partial charge < -0.3 is 0 Å². The van der Waals surface area contributed by atoms with E-state index in [0.29, 0.717) is 10.7 Å². The van der Waals surface area contributed by atoms with Crippen molar-refractivity contribution >= 4 is 17.8 Å². The van der Waals surface area contributed by atoms with Crippen molar-refractivity contribution in [2.75, 3.05) is 6.54 Å². The van der Waals surface area contributed by atoms with Crippen LogP contribution in [0.2, 0.25) is 5.15 Å². The monoisotopic (exact) mass is 204 g/mol. The van der Waals surface area contributed by atoms with Gasteiger partial charge >= 0.3 is 0 Å². The summed E-state index contributed by atoms with van der Waals surface area (Å²) in [6.07, 6.45) is 0.406. The Morgan fingerprint density at radius 1 is 1.54 bits per heavy atom. The summed E-state index contributed by atoms with van der Waals surface area (Å²) in [6.45, 7) is -0.484. The van der Waals surface area contributed by atoms with Crippen molar-refractivity contribution in [3.63, 3.8) is 0 Å². The van der Waals surface area contributed by atoms with Crippen molar-refractivity contribution in [2.45, 2.75) is 6.43 Å². The van der Waals surface area contributed by atoms with E-state index in [4.69, 9.17) is 11.6 Å². The van der Waals surface area contributed by atoms with Gasteiger partial charge in [0.15, 0.2) is 0 Å². The predicted molar refractivity (Wildman–Crippen MR) is 47.7 cm³/mol. The normalized spacial score (nSPS) is 11.4. The van der Waals surface area contributed by atoms with E-state index in [-0.39, 0.29) is 0 Å². The van der Waals surface area contributed by atoms with Gasteiger partial charge in [-0.2, -0.15) is 0 Å². The molecule has 0 aliphatic rings. The predicted octanol–water partition coefficient (Wildman–Crippen LogP) is 2.42. The molecule has 0 aromatic carbocycles. The Labute approximate surface area is 79.3 Å². The summed E-state index contributed by atoms with van der Waals surface area (Å²) in [5, 5.41) is 0.367. The lowest BCUT2D eigenvalue weighted by atomic mass is 10.3. The third kappa shape index (κ3) is 3.94. The molecule has 0 unspecified atom stereocenters. The highest BCUT2D eigenvalue weighted by Gasteiger charge is 1.97. The number of rotatable bonds is 3. The minimum Gasteiger partial charge on any atom is -0.287 e. The number of halogens is 3. The summed E-state index contributed by atoms with van der Waals surface area (Å²) >= 11 is 5.52. The first-order valence-electron chi connectivity index (χ1n) is 3.58. The van der Waals surface area contributed by atoms with Gasteiger partial charge in [-0.15, -0.1) is 0 Å². The van der Waals surface area contributed by atoms with E-state index in [9.17, 15) is 8.78 Å². The Kier molecular flexibility index (Phi) is 3.76. The average molecular weight is 205 g/mol. The van der Waals surface area contributed by atoms with Crippen LogP contribution in [0.4, 0.5) is 8.78 Å². The summed E-state index contributed by atoms with van der Waals surface area (Å²) in [5.74, 6) is 0. The maximum absolute atomic E-state index is 11.7. The van der Waals surface area contributed by atoms with E-state index in [1.807, 2.05) is 0 Å². The minimum absolute atomic E-state index is 0.367. The maximum Gasteiger partial charge on any atom is 0.257 e. The number of pyridine rings is 1. The van der Waals surface area contributed by atoms with Gasteiger partial charge in [0, 0.05) is 18.0 Å². The number of aliphatic imine (C=N–C) groups is 1. The van der Waals surface area contributed by atoms with E-state index in [1.54, 1.807) is 12.1 Å². The Morgan fingerprint density at radius 2 is 2.31 bits per heavy atom. The molecule has 1 rings (SSSR count). The zero-order valence-corrected chi connectivity index (χ0v) is 7.38.